The number of likely N-dealkylation sites (N-methyl/N-ethyl adjacent to an activating group) is 1. The van der Waals surface area contributed by atoms with Crippen molar-refractivity contribution in [2.24, 2.45) is 7.05 Å². The molecule has 1 fully saturated rings. The van der Waals surface area contributed by atoms with Crippen molar-refractivity contribution in [3.05, 3.63) is 10.3 Å². The number of aliphatic hydroxyl groups is 1. The molecule has 0 bridgehead atoms. The van der Waals surface area contributed by atoms with E-state index in [-0.39, 0.29) is 5.54 Å². The van der Waals surface area contributed by atoms with Crippen molar-refractivity contribution in [1.29, 1.82) is 0 Å². The fourth-order valence-electron chi connectivity index (χ4n) is 3.01. The Kier molecular flexibility index (Phi) is 4.08. The van der Waals surface area contributed by atoms with Crippen LogP contribution in [0.25, 0.3) is 0 Å². The first kappa shape index (κ1) is 14.0. The molecule has 0 saturated heterocycles. The highest BCUT2D eigenvalue weighted by atomic mass is 79.9. The minimum atomic E-state index is -0.567. The molecule has 6 heteroatoms. The van der Waals surface area contributed by atoms with Gasteiger partial charge in [-0.1, -0.05) is 24.5 Å². The second-order valence-corrected chi connectivity index (χ2v) is 6.10. The first-order chi connectivity index (χ1) is 8.49. The van der Waals surface area contributed by atoms with Crippen LogP contribution in [0.2, 0.25) is 0 Å². The minimum absolute atomic E-state index is 0.198. The summed E-state index contributed by atoms with van der Waals surface area (Å²) >= 11 is 3.38. The number of halogens is 1. The van der Waals surface area contributed by atoms with Gasteiger partial charge in [0.25, 0.3) is 0 Å². The number of aliphatic hydroxyl groups excluding tert-OH is 1. The van der Waals surface area contributed by atoms with Gasteiger partial charge in [0.1, 0.15) is 11.8 Å². The van der Waals surface area contributed by atoms with Crippen LogP contribution in [0.3, 0.4) is 0 Å². The SMILES string of the molecule is CN(C)C1(C(O)c2c(Br)nnn2C)CCCCC1. The fraction of sp³-hybridized carbons (Fsp3) is 0.833. The van der Waals surface area contributed by atoms with E-state index in [9.17, 15) is 5.11 Å². The fourth-order valence-corrected chi connectivity index (χ4v) is 3.56. The highest BCUT2D eigenvalue weighted by Crippen LogP contribution is 2.42. The lowest BCUT2D eigenvalue weighted by Crippen LogP contribution is -2.51. The summed E-state index contributed by atoms with van der Waals surface area (Å²) in [6, 6.07) is 0. The first-order valence-corrected chi connectivity index (χ1v) is 7.19. The smallest absolute Gasteiger partial charge is 0.154 e. The largest absolute Gasteiger partial charge is 0.385 e. The van der Waals surface area contributed by atoms with Crippen LogP contribution in [-0.2, 0) is 7.05 Å². The van der Waals surface area contributed by atoms with E-state index in [1.54, 1.807) is 4.68 Å². The summed E-state index contributed by atoms with van der Waals surface area (Å²) in [7, 11) is 5.92. The summed E-state index contributed by atoms with van der Waals surface area (Å²) in [4.78, 5) is 2.16. The number of hydrogen-bond donors (Lipinski definition) is 1. The number of rotatable bonds is 3. The van der Waals surface area contributed by atoms with Gasteiger partial charge in [0.05, 0.1) is 5.54 Å². The molecular formula is C12H21BrN4O. The molecule has 1 aromatic rings. The summed E-state index contributed by atoms with van der Waals surface area (Å²) in [5, 5.41) is 18.8. The van der Waals surface area contributed by atoms with Crippen molar-refractivity contribution in [2.45, 2.75) is 43.7 Å². The van der Waals surface area contributed by atoms with Crippen LogP contribution in [0.5, 0.6) is 0 Å². The Labute approximate surface area is 116 Å². The number of hydrogen-bond acceptors (Lipinski definition) is 4. The topological polar surface area (TPSA) is 54.2 Å². The molecule has 2 rings (SSSR count). The molecule has 102 valence electrons. The van der Waals surface area contributed by atoms with Crippen LogP contribution in [0.1, 0.15) is 43.9 Å². The van der Waals surface area contributed by atoms with Crippen LogP contribution in [0, 0.1) is 0 Å². The van der Waals surface area contributed by atoms with Gasteiger partial charge in [-0.3, -0.25) is 0 Å². The van der Waals surface area contributed by atoms with Crippen LogP contribution >= 0.6 is 15.9 Å². The van der Waals surface area contributed by atoms with E-state index in [4.69, 9.17) is 0 Å². The molecule has 1 unspecified atom stereocenters. The third kappa shape index (κ3) is 2.21. The zero-order valence-electron chi connectivity index (χ0n) is 11.2. The Morgan fingerprint density at radius 1 is 1.33 bits per heavy atom. The van der Waals surface area contributed by atoms with Crippen molar-refractivity contribution < 1.29 is 5.11 Å². The monoisotopic (exact) mass is 316 g/mol. The molecule has 0 aliphatic heterocycles. The average molecular weight is 317 g/mol. The number of nitrogens with zero attached hydrogens (tertiary/aromatic N) is 4. The highest BCUT2D eigenvalue weighted by molar-refractivity contribution is 9.10. The predicted molar refractivity (Wildman–Crippen MR) is 73.2 cm³/mol. The summed E-state index contributed by atoms with van der Waals surface area (Å²) in [5.74, 6) is 0. The third-order valence-electron chi connectivity index (χ3n) is 4.20. The normalized spacial score (nSPS) is 21.2. The summed E-state index contributed by atoms with van der Waals surface area (Å²) in [6.07, 6.45) is 5.04. The lowest BCUT2D eigenvalue weighted by atomic mass is 9.75. The lowest BCUT2D eigenvalue weighted by Gasteiger charge is -2.46. The maximum absolute atomic E-state index is 10.8. The molecule has 0 spiro atoms. The van der Waals surface area contributed by atoms with Crippen molar-refractivity contribution in [2.75, 3.05) is 14.1 Å². The van der Waals surface area contributed by atoms with Gasteiger partial charge in [0, 0.05) is 7.05 Å². The molecule has 0 radical (unpaired) electrons. The van der Waals surface area contributed by atoms with Crippen molar-refractivity contribution >= 4 is 15.9 Å². The highest BCUT2D eigenvalue weighted by Gasteiger charge is 2.43. The second-order valence-electron chi connectivity index (χ2n) is 5.35. The zero-order valence-corrected chi connectivity index (χ0v) is 12.8. The predicted octanol–water partition coefficient (Wildman–Crippen LogP) is 1.88. The Bertz CT molecular complexity index is 393. The summed E-state index contributed by atoms with van der Waals surface area (Å²) < 4.78 is 2.30. The molecule has 18 heavy (non-hydrogen) atoms. The maximum Gasteiger partial charge on any atom is 0.154 e. The van der Waals surface area contributed by atoms with Gasteiger partial charge in [-0.15, -0.1) is 5.10 Å². The Morgan fingerprint density at radius 2 is 1.94 bits per heavy atom. The van der Waals surface area contributed by atoms with E-state index in [1.807, 2.05) is 21.1 Å². The van der Waals surface area contributed by atoms with Gasteiger partial charge in [-0.05, 0) is 42.9 Å². The van der Waals surface area contributed by atoms with Crippen LogP contribution in [0.4, 0.5) is 0 Å². The van der Waals surface area contributed by atoms with Gasteiger partial charge in [-0.2, -0.15) is 0 Å². The molecule has 1 aliphatic rings. The van der Waals surface area contributed by atoms with Crippen LogP contribution in [0.15, 0.2) is 4.60 Å². The molecule has 5 nitrogen and oxygen atoms in total. The Morgan fingerprint density at radius 3 is 2.39 bits per heavy atom. The molecule has 1 atom stereocenters. The molecule has 0 aromatic carbocycles. The first-order valence-electron chi connectivity index (χ1n) is 6.39. The standard InChI is InChI=1S/C12H21BrN4O/c1-16(2)12(7-5-4-6-8-12)10(18)9-11(13)14-15-17(9)3/h10,18H,4-8H2,1-3H3. The van der Waals surface area contributed by atoms with Crippen LogP contribution < -0.4 is 0 Å². The summed E-state index contributed by atoms with van der Waals surface area (Å²) in [6.45, 7) is 0. The van der Waals surface area contributed by atoms with Crippen molar-refractivity contribution in [3.8, 4) is 0 Å². The molecule has 1 saturated carbocycles. The van der Waals surface area contributed by atoms with Gasteiger partial charge >= 0.3 is 0 Å². The molecule has 0 amide bonds. The Balaban J connectivity index is 2.37. The molecular weight excluding hydrogens is 296 g/mol. The average Bonchev–Trinajstić information content (AvgIpc) is 2.69. The molecule has 1 aliphatic carbocycles. The van der Waals surface area contributed by atoms with Gasteiger partial charge in [0.15, 0.2) is 4.60 Å². The van der Waals surface area contributed by atoms with Crippen molar-refractivity contribution in [1.82, 2.24) is 19.9 Å². The van der Waals surface area contributed by atoms with Crippen molar-refractivity contribution in [3.63, 3.8) is 0 Å². The van der Waals surface area contributed by atoms with E-state index in [1.165, 1.54) is 6.42 Å². The molecule has 1 N–H and O–H groups in total. The van der Waals surface area contributed by atoms with E-state index >= 15 is 0 Å². The van der Waals surface area contributed by atoms with E-state index in [0.717, 1.165) is 31.4 Å². The lowest BCUT2D eigenvalue weighted by molar-refractivity contribution is -0.0379. The quantitative estimate of drug-likeness (QED) is 0.925. The number of aryl methyl sites for hydroxylation is 1. The van der Waals surface area contributed by atoms with E-state index < -0.39 is 6.10 Å². The third-order valence-corrected chi connectivity index (χ3v) is 4.77. The van der Waals surface area contributed by atoms with Gasteiger partial charge in [-0.25, -0.2) is 4.68 Å². The summed E-state index contributed by atoms with van der Waals surface area (Å²) in [5.41, 5.74) is 0.571. The minimum Gasteiger partial charge on any atom is -0.385 e. The maximum atomic E-state index is 10.8. The van der Waals surface area contributed by atoms with Crippen LogP contribution in [-0.4, -0.2) is 44.6 Å². The van der Waals surface area contributed by atoms with E-state index in [2.05, 4.69) is 31.1 Å². The molecule has 1 aromatic heterocycles. The Hall–Kier alpha value is -0.460. The molecule has 1 heterocycles. The van der Waals surface area contributed by atoms with E-state index in [0.29, 0.717) is 4.60 Å². The van der Waals surface area contributed by atoms with Gasteiger partial charge in [0.2, 0.25) is 0 Å². The second kappa shape index (κ2) is 5.27. The zero-order chi connectivity index (χ0) is 13.3. The number of aromatic nitrogens is 3. The van der Waals surface area contributed by atoms with Gasteiger partial charge < -0.3 is 10.0 Å².